The number of carbonyl (C=O) groups excluding carboxylic acids is 1. The maximum atomic E-state index is 12.0. The molecular weight excluding hydrogens is 298 g/mol. The Morgan fingerprint density at radius 1 is 1.15 bits per heavy atom. The smallest absolute Gasteiger partial charge is 0.280 e. The van der Waals surface area contributed by atoms with Crippen LogP contribution < -0.4 is 11.5 Å². The average Bonchev–Trinajstić information content (AvgIpc) is 2.35. The molecule has 0 aliphatic rings. The van der Waals surface area contributed by atoms with Gasteiger partial charge >= 0.3 is 0 Å². The van der Waals surface area contributed by atoms with E-state index in [0.717, 1.165) is 0 Å². The molecule has 0 fully saturated rings. The number of nitrogens with zero attached hydrogens (tertiary/aromatic N) is 1. The summed E-state index contributed by atoms with van der Waals surface area (Å²) < 4.78 is 23.5. The van der Waals surface area contributed by atoms with Crippen molar-refractivity contribution in [3.63, 3.8) is 0 Å². The molecule has 1 aromatic carbocycles. The Bertz CT molecular complexity index is 623. The van der Waals surface area contributed by atoms with Gasteiger partial charge in [-0.05, 0) is 24.1 Å². The molecule has 8 heteroatoms. The summed E-state index contributed by atoms with van der Waals surface area (Å²) in [6.45, 7) is 1.85. The first kappa shape index (κ1) is 16.5. The highest BCUT2D eigenvalue weighted by atomic mass is 32.2. The summed E-state index contributed by atoms with van der Waals surface area (Å²) in [5.41, 5.74) is 11.3. The van der Waals surface area contributed by atoms with E-state index in [9.17, 15) is 13.2 Å². The van der Waals surface area contributed by atoms with Gasteiger partial charge in [0.05, 0.1) is 31.4 Å². The van der Waals surface area contributed by atoms with Crippen LogP contribution in [0.5, 0.6) is 0 Å². The molecule has 1 rings (SSSR count). The fraction of sp³-hybridized carbons (Fsp3) is 0.333. The number of guanidine groups is 1. The van der Waals surface area contributed by atoms with E-state index in [1.165, 1.54) is 18.6 Å². The number of benzene rings is 1. The summed E-state index contributed by atoms with van der Waals surface area (Å²) in [5.74, 6) is -0.929. The minimum Gasteiger partial charge on any atom is -0.370 e. The van der Waals surface area contributed by atoms with Gasteiger partial charge in [-0.3, -0.25) is 13.2 Å². The largest absolute Gasteiger partial charge is 0.370 e. The molecule has 0 heterocycles. The summed E-state index contributed by atoms with van der Waals surface area (Å²) in [4.78, 5) is 16.3. The van der Waals surface area contributed by atoms with Gasteiger partial charge in [-0.25, -0.2) is 0 Å². The van der Waals surface area contributed by atoms with E-state index in [4.69, 9.17) is 11.5 Å². The maximum Gasteiger partial charge on any atom is 0.280 e. The van der Waals surface area contributed by atoms with Crippen LogP contribution in [0.1, 0.15) is 22.8 Å². The first-order valence-corrected chi connectivity index (χ1v) is 8.87. The number of rotatable bonds is 4. The molecule has 0 aromatic heterocycles. The van der Waals surface area contributed by atoms with Crippen LogP contribution in [0.15, 0.2) is 26.9 Å². The van der Waals surface area contributed by atoms with Crippen LogP contribution in [0.2, 0.25) is 0 Å². The SMILES string of the molecule is CCc1cc(S(C)=O)c(S(C)=O)cc1C(=O)N=C(N)N. The second-order valence-corrected chi connectivity index (χ2v) is 6.76. The zero-order chi connectivity index (χ0) is 15.4. The van der Waals surface area contributed by atoms with Crippen LogP contribution in [0, 0.1) is 0 Å². The van der Waals surface area contributed by atoms with Crippen LogP contribution in [0.3, 0.4) is 0 Å². The van der Waals surface area contributed by atoms with Gasteiger partial charge in [0, 0.05) is 18.1 Å². The fourth-order valence-corrected chi connectivity index (χ4v) is 3.70. The number of aliphatic imine (C=N–C) groups is 1. The Morgan fingerprint density at radius 3 is 2.05 bits per heavy atom. The van der Waals surface area contributed by atoms with E-state index in [2.05, 4.69) is 4.99 Å². The third-order valence-electron chi connectivity index (χ3n) is 2.63. The number of amides is 1. The molecule has 0 aliphatic heterocycles. The van der Waals surface area contributed by atoms with Gasteiger partial charge in [-0.2, -0.15) is 4.99 Å². The summed E-state index contributed by atoms with van der Waals surface area (Å²) in [6.07, 6.45) is 3.51. The van der Waals surface area contributed by atoms with Crippen molar-refractivity contribution in [1.82, 2.24) is 0 Å². The summed E-state index contributed by atoms with van der Waals surface area (Å²) >= 11 is 0. The number of nitrogens with two attached hydrogens (primary N) is 2. The molecule has 0 saturated carbocycles. The van der Waals surface area contributed by atoms with Gasteiger partial charge in [0.1, 0.15) is 0 Å². The van der Waals surface area contributed by atoms with Crippen LogP contribution in [0.4, 0.5) is 0 Å². The molecule has 0 aliphatic carbocycles. The van der Waals surface area contributed by atoms with Crippen molar-refractivity contribution >= 4 is 33.5 Å². The monoisotopic (exact) mass is 315 g/mol. The first-order valence-electron chi connectivity index (χ1n) is 5.75. The second-order valence-electron chi connectivity index (χ2n) is 4.06. The molecule has 0 radical (unpaired) electrons. The topological polar surface area (TPSA) is 116 Å². The quantitative estimate of drug-likeness (QED) is 0.605. The van der Waals surface area contributed by atoms with Crippen LogP contribution in [-0.4, -0.2) is 32.8 Å². The predicted molar refractivity (Wildman–Crippen MR) is 80.6 cm³/mol. The molecule has 20 heavy (non-hydrogen) atoms. The van der Waals surface area contributed by atoms with Crippen molar-refractivity contribution in [2.45, 2.75) is 23.1 Å². The van der Waals surface area contributed by atoms with Gasteiger partial charge in [0.25, 0.3) is 5.91 Å². The Hall–Kier alpha value is -1.54. The lowest BCUT2D eigenvalue weighted by Gasteiger charge is -2.11. The van der Waals surface area contributed by atoms with Crippen molar-refractivity contribution in [3.05, 3.63) is 23.3 Å². The Labute approximate surface area is 122 Å². The highest BCUT2D eigenvalue weighted by molar-refractivity contribution is 7.87. The first-order chi connectivity index (χ1) is 9.27. The number of hydrogen-bond donors (Lipinski definition) is 2. The minimum absolute atomic E-state index is 0.278. The van der Waals surface area contributed by atoms with Gasteiger partial charge in [-0.1, -0.05) is 6.92 Å². The van der Waals surface area contributed by atoms with Crippen LogP contribution in [-0.2, 0) is 28.0 Å². The molecule has 2 atom stereocenters. The highest BCUT2D eigenvalue weighted by Gasteiger charge is 2.18. The van der Waals surface area contributed by atoms with Gasteiger partial charge in [-0.15, -0.1) is 0 Å². The Kier molecular flexibility index (Phi) is 5.58. The molecule has 0 bridgehead atoms. The average molecular weight is 315 g/mol. The van der Waals surface area contributed by atoms with Crippen molar-refractivity contribution in [1.29, 1.82) is 0 Å². The Morgan fingerprint density at radius 2 is 1.65 bits per heavy atom. The molecule has 6 nitrogen and oxygen atoms in total. The highest BCUT2D eigenvalue weighted by Crippen LogP contribution is 2.23. The van der Waals surface area contributed by atoms with E-state index < -0.39 is 27.5 Å². The molecule has 110 valence electrons. The van der Waals surface area contributed by atoms with Crippen molar-refractivity contribution < 1.29 is 13.2 Å². The molecule has 0 saturated heterocycles. The normalized spacial score (nSPS) is 13.6. The van der Waals surface area contributed by atoms with E-state index in [-0.39, 0.29) is 11.5 Å². The van der Waals surface area contributed by atoms with Crippen LogP contribution >= 0.6 is 0 Å². The molecule has 1 aromatic rings. The van der Waals surface area contributed by atoms with Crippen molar-refractivity contribution in [2.24, 2.45) is 16.5 Å². The zero-order valence-electron chi connectivity index (χ0n) is 11.5. The van der Waals surface area contributed by atoms with Crippen LogP contribution in [0.25, 0.3) is 0 Å². The maximum absolute atomic E-state index is 12.0. The van der Waals surface area contributed by atoms with Gasteiger partial charge in [0.15, 0.2) is 5.96 Å². The fourth-order valence-electron chi connectivity index (χ4n) is 1.72. The Balaban J connectivity index is 3.57. The third kappa shape index (κ3) is 3.73. The van der Waals surface area contributed by atoms with Gasteiger partial charge in [0.2, 0.25) is 0 Å². The molecule has 0 spiro atoms. The number of carbonyl (C=O) groups is 1. The summed E-state index contributed by atoms with van der Waals surface area (Å²) in [5, 5.41) is 0. The molecule has 1 amide bonds. The number of hydrogen-bond acceptors (Lipinski definition) is 3. The zero-order valence-corrected chi connectivity index (χ0v) is 13.1. The lowest BCUT2D eigenvalue weighted by Crippen LogP contribution is -2.24. The lowest BCUT2D eigenvalue weighted by molar-refractivity contribution is 0.100. The predicted octanol–water partition coefficient (Wildman–Crippen LogP) is 0.137. The van der Waals surface area contributed by atoms with Gasteiger partial charge < -0.3 is 11.5 Å². The molecule has 2 unspecified atom stereocenters. The molecular formula is C12H17N3O3S2. The second kappa shape index (κ2) is 6.76. The number of aryl methyl sites for hydroxylation is 1. The van der Waals surface area contributed by atoms with E-state index in [0.29, 0.717) is 21.8 Å². The molecule has 4 N–H and O–H groups in total. The van der Waals surface area contributed by atoms with E-state index in [1.807, 2.05) is 6.92 Å². The standard InChI is InChI=1S/C12H17N3O3S2/c1-4-7-5-9(19(2)17)10(20(3)18)6-8(7)11(16)15-12(13)14/h5-6H,4H2,1-3H3,(H4,13,14,15,16). The third-order valence-corrected chi connectivity index (χ3v) is 4.67. The van der Waals surface area contributed by atoms with E-state index >= 15 is 0 Å². The lowest BCUT2D eigenvalue weighted by atomic mass is 10.0. The van der Waals surface area contributed by atoms with Crippen molar-refractivity contribution in [3.8, 4) is 0 Å². The summed E-state index contributed by atoms with van der Waals surface area (Å²) in [6, 6.07) is 3.09. The van der Waals surface area contributed by atoms with Crippen molar-refractivity contribution in [2.75, 3.05) is 12.5 Å². The van der Waals surface area contributed by atoms with E-state index in [1.54, 1.807) is 6.07 Å². The summed E-state index contributed by atoms with van der Waals surface area (Å²) in [7, 11) is -2.66. The minimum atomic E-state index is -1.37.